The van der Waals surface area contributed by atoms with Gasteiger partial charge in [0.15, 0.2) is 0 Å². The van der Waals surface area contributed by atoms with Crippen molar-refractivity contribution in [1.82, 2.24) is 34.1 Å². The van der Waals surface area contributed by atoms with E-state index < -0.39 is 0 Å². The smallest absolute Gasteiger partial charge is 0.235 e. The minimum Gasteiger partial charge on any atom is -0.278 e. The number of rotatable bonds is 6. The molecule has 0 amide bonds. The Kier molecular flexibility index (Phi) is 8.32. The molecule has 0 saturated heterocycles. The average Bonchev–Trinajstić information content (AvgIpc) is 4.09. The Morgan fingerprint density at radius 3 is 1.39 bits per heavy atom. The van der Waals surface area contributed by atoms with Gasteiger partial charge in [-0.05, 0) is 65.7 Å². The summed E-state index contributed by atoms with van der Waals surface area (Å²) in [6.45, 7) is 0. The highest BCUT2D eigenvalue weighted by Gasteiger charge is 2.23. The standard InChI is InChI=1S/C59H35N7S/c1-4-16-36(17-5-1)53-43-23-10-13-25-47(43)61-58(63-53)65-50-27-15-12-22-41(50)45-34-39(28-32-51(45)65)40-29-33-52-46(35-40)42-30-31-49-56(67-57(60-49)38-20-8-3-9-21-38)55(42)66(52)59-62-48-26-14-11-24-44(48)54(64-59)37-18-6-2-7-19-37/h1-35H. The van der Waals surface area contributed by atoms with Crippen LogP contribution in [-0.4, -0.2) is 34.1 Å². The Bertz CT molecular complexity index is 4270. The number of aromatic nitrogens is 7. The quantitative estimate of drug-likeness (QED) is 0.166. The molecular weight excluding hydrogens is 839 g/mol. The van der Waals surface area contributed by atoms with Crippen LogP contribution in [0.25, 0.3) is 132 Å². The summed E-state index contributed by atoms with van der Waals surface area (Å²) in [6.07, 6.45) is 0. The van der Waals surface area contributed by atoms with Gasteiger partial charge in [-0.15, -0.1) is 11.3 Å². The maximum atomic E-state index is 5.42. The van der Waals surface area contributed by atoms with Gasteiger partial charge in [-0.3, -0.25) is 9.13 Å². The van der Waals surface area contributed by atoms with E-state index in [9.17, 15) is 0 Å². The third-order valence-electron chi connectivity index (χ3n) is 13.0. The van der Waals surface area contributed by atoms with Crippen molar-refractivity contribution in [2.45, 2.75) is 0 Å². The second kappa shape index (κ2) is 14.9. The lowest BCUT2D eigenvalue weighted by molar-refractivity contribution is 1.01. The van der Waals surface area contributed by atoms with Gasteiger partial charge in [-0.1, -0.05) is 158 Å². The van der Waals surface area contributed by atoms with Crippen LogP contribution in [0.2, 0.25) is 0 Å². The van der Waals surface area contributed by atoms with Crippen LogP contribution < -0.4 is 0 Å². The van der Waals surface area contributed by atoms with Crippen LogP contribution in [0.5, 0.6) is 0 Å². The van der Waals surface area contributed by atoms with Crippen LogP contribution >= 0.6 is 11.3 Å². The maximum Gasteiger partial charge on any atom is 0.235 e. The Morgan fingerprint density at radius 2 is 0.776 bits per heavy atom. The molecule has 0 aliphatic heterocycles. The molecule has 0 fully saturated rings. The SMILES string of the molecule is c1ccc(-c2nc3ccc4c5cc(-c6ccc7c(c6)c6ccccc6n7-c6nc(-c7ccccc7)c7ccccc7n6)ccc5n(-c5nc(-c6ccccc6)c6ccccc6n5)c4c3s2)cc1. The van der Waals surface area contributed by atoms with Crippen LogP contribution in [-0.2, 0) is 0 Å². The molecule has 7 nitrogen and oxygen atoms in total. The van der Waals surface area contributed by atoms with E-state index in [0.717, 1.165) is 120 Å². The first-order valence-electron chi connectivity index (χ1n) is 22.3. The van der Waals surface area contributed by atoms with Gasteiger partial charge in [0.1, 0.15) is 5.01 Å². The summed E-state index contributed by atoms with van der Waals surface area (Å²) in [6, 6.07) is 74.3. The normalized spacial score (nSPS) is 11.9. The monoisotopic (exact) mass is 873 g/mol. The van der Waals surface area contributed by atoms with Gasteiger partial charge in [0.05, 0.1) is 54.7 Å². The first-order chi connectivity index (χ1) is 33.2. The number of thiazole rings is 1. The highest BCUT2D eigenvalue weighted by molar-refractivity contribution is 7.22. The van der Waals surface area contributed by atoms with Crippen LogP contribution in [0.3, 0.4) is 0 Å². The Hall–Kier alpha value is -8.85. The highest BCUT2D eigenvalue weighted by atomic mass is 32.1. The number of benzene rings is 9. The molecule has 0 bridgehead atoms. The first kappa shape index (κ1) is 37.5. The number of nitrogens with zero attached hydrogens (tertiary/aromatic N) is 7. The van der Waals surface area contributed by atoms with Crippen molar-refractivity contribution in [1.29, 1.82) is 0 Å². The van der Waals surface area contributed by atoms with Gasteiger partial charge in [0, 0.05) is 49.0 Å². The van der Waals surface area contributed by atoms with Crippen LogP contribution in [0.1, 0.15) is 0 Å². The summed E-state index contributed by atoms with van der Waals surface area (Å²) < 4.78 is 5.56. The number of para-hydroxylation sites is 3. The van der Waals surface area contributed by atoms with E-state index in [0.29, 0.717) is 11.9 Å². The second-order valence-electron chi connectivity index (χ2n) is 16.9. The third kappa shape index (κ3) is 5.93. The molecule has 0 atom stereocenters. The molecule has 0 N–H and O–H groups in total. The first-order valence-corrected chi connectivity index (χ1v) is 23.2. The molecule has 9 aromatic carbocycles. The van der Waals surface area contributed by atoms with Crippen molar-refractivity contribution in [3.63, 3.8) is 0 Å². The fourth-order valence-electron chi connectivity index (χ4n) is 9.90. The van der Waals surface area contributed by atoms with Gasteiger partial charge < -0.3 is 0 Å². The molecule has 312 valence electrons. The van der Waals surface area contributed by atoms with Gasteiger partial charge in [0.2, 0.25) is 11.9 Å². The molecule has 0 radical (unpaired) electrons. The van der Waals surface area contributed by atoms with Crippen molar-refractivity contribution in [2.75, 3.05) is 0 Å². The van der Waals surface area contributed by atoms with Gasteiger partial charge in [0.25, 0.3) is 0 Å². The summed E-state index contributed by atoms with van der Waals surface area (Å²) in [5.41, 5.74) is 14.1. The average molecular weight is 874 g/mol. The van der Waals surface area contributed by atoms with Crippen LogP contribution in [0.15, 0.2) is 212 Å². The molecule has 14 rings (SSSR count). The number of fused-ring (bicyclic) bond motifs is 10. The van der Waals surface area contributed by atoms with Gasteiger partial charge in [-0.25, -0.2) is 24.9 Å². The maximum absolute atomic E-state index is 5.42. The summed E-state index contributed by atoms with van der Waals surface area (Å²) in [4.78, 5) is 26.4. The molecule has 67 heavy (non-hydrogen) atoms. The van der Waals surface area contributed by atoms with Crippen molar-refractivity contribution >= 4 is 87.0 Å². The molecule has 0 aliphatic rings. The zero-order chi connectivity index (χ0) is 44.0. The van der Waals surface area contributed by atoms with E-state index in [4.69, 9.17) is 24.9 Å². The van der Waals surface area contributed by atoms with Crippen molar-refractivity contribution in [3.8, 4) is 56.1 Å². The zero-order valence-corrected chi connectivity index (χ0v) is 36.6. The van der Waals surface area contributed by atoms with E-state index in [1.54, 1.807) is 11.3 Å². The molecule has 0 spiro atoms. The fourth-order valence-corrected chi connectivity index (χ4v) is 11.0. The molecule has 8 heteroatoms. The Balaban J connectivity index is 0.989. The summed E-state index contributed by atoms with van der Waals surface area (Å²) in [7, 11) is 0. The van der Waals surface area contributed by atoms with Crippen LogP contribution in [0, 0.1) is 0 Å². The van der Waals surface area contributed by atoms with Crippen LogP contribution in [0.4, 0.5) is 0 Å². The molecule has 0 aliphatic carbocycles. The predicted octanol–water partition coefficient (Wildman–Crippen LogP) is 15.0. The molecule has 14 aromatic rings. The van der Waals surface area contributed by atoms with Crippen molar-refractivity contribution in [2.24, 2.45) is 0 Å². The van der Waals surface area contributed by atoms with E-state index in [-0.39, 0.29) is 0 Å². The minimum atomic E-state index is 0.619. The summed E-state index contributed by atoms with van der Waals surface area (Å²) >= 11 is 1.71. The van der Waals surface area contributed by atoms with E-state index in [1.807, 2.05) is 30.3 Å². The molecular formula is C59H35N7S. The second-order valence-corrected chi connectivity index (χ2v) is 17.9. The van der Waals surface area contributed by atoms with Crippen molar-refractivity contribution < 1.29 is 0 Å². The Morgan fingerprint density at radius 1 is 0.299 bits per heavy atom. The highest BCUT2D eigenvalue weighted by Crippen LogP contribution is 2.43. The van der Waals surface area contributed by atoms with Gasteiger partial charge in [-0.2, -0.15) is 0 Å². The predicted molar refractivity (Wildman–Crippen MR) is 276 cm³/mol. The lowest BCUT2D eigenvalue weighted by Gasteiger charge is -2.12. The lowest BCUT2D eigenvalue weighted by Crippen LogP contribution is -2.03. The molecule has 0 unspecified atom stereocenters. The fraction of sp³-hybridized carbons (Fsp3) is 0. The minimum absolute atomic E-state index is 0.619. The number of hydrogen-bond acceptors (Lipinski definition) is 6. The van der Waals surface area contributed by atoms with Crippen molar-refractivity contribution in [3.05, 3.63) is 212 Å². The number of hydrogen-bond donors (Lipinski definition) is 0. The molecule has 5 aromatic heterocycles. The summed E-state index contributed by atoms with van der Waals surface area (Å²) in [5.74, 6) is 1.26. The van der Waals surface area contributed by atoms with E-state index in [1.165, 1.54) is 0 Å². The van der Waals surface area contributed by atoms with E-state index >= 15 is 0 Å². The Labute approximate surface area is 387 Å². The van der Waals surface area contributed by atoms with E-state index in [2.05, 4.69) is 191 Å². The van der Waals surface area contributed by atoms with Gasteiger partial charge >= 0.3 is 0 Å². The summed E-state index contributed by atoms with van der Waals surface area (Å²) in [5, 5.41) is 7.51. The zero-order valence-electron chi connectivity index (χ0n) is 35.7. The topological polar surface area (TPSA) is 74.3 Å². The molecule has 0 saturated carbocycles. The largest absolute Gasteiger partial charge is 0.278 e. The molecule has 5 heterocycles. The lowest BCUT2D eigenvalue weighted by atomic mass is 10.0. The third-order valence-corrected chi connectivity index (χ3v) is 14.1.